The second kappa shape index (κ2) is 29.3. The van der Waals surface area contributed by atoms with Gasteiger partial charge in [-0.15, -0.1) is 0 Å². The molecule has 0 spiro atoms. The molecule has 1 aliphatic rings. The fourth-order valence-electron chi connectivity index (χ4n) is 6.50. The van der Waals surface area contributed by atoms with Crippen LogP contribution in [0.15, 0.2) is 64.9 Å². The van der Waals surface area contributed by atoms with Crippen LogP contribution in [0.25, 0.3) is 0 Å². The van der Waals surface area contributed by atoms with Crippen LogP contribution in [0.1, 0.15) is 107 Å². The lowest BCUT2D eigenvalue weighted by molar-refractivity contribution is -0.432. The van der Waals surface area contributed by atoms with Gasteiger partial charge >= 0.3 is 5.82 Å². The summed E-state index contributed by atoms with van der Waals surface area (Å²) >= 11 is 1.73. The molecular formula is C41H68N8O6S. The Morgan fingerprint density at radius 1 is 0.839 bits per heavy atom. The van der Waals surface area contributed by atoms with E-state index in [1.165, 1.54) is 56.7 Å². The summed E-state index contributed by atoms with van der Waals surface area (Å²) < 4.78 is 11.8. The Morgan fingerprint density at radius 2 is 1.50 bits per heavy atom. The normalized spacial score (nSPS) is 13.8. The van der Waals surface area contributed by atoms with Crippen molar-refractivity contribution in [3.05, 3.63) is 97.8 Å². The van der Waals surface area contributed by atoms with Crippen molar-refractivity contribution in [1.29, 1.82) is 0 Å². The van der Waals surface area contributed by atoms with Gasteiger partial charge in [-0.25, -0.2) is 0 Å². The number of nitrogens with zero attached hydrogens (tertiary/aromatic N) is 4. The molecule has 0 aliphatic carbocycles. The van der Waals surface area contributed by atoms with Gasteiger partial charge in [0.1, 0.15) is 17.3 Å². The van der Waals surface area contributed by atoms with E-state index in [1.54, 1.807) is 11.8 Å². The van der Waals surface area contributed by atoms with Crippen molar-refractivity contribution in [3.63, 3.8) is 0 Å². The molecule has 56 heavy (non-hydrogen) atoms. The molecule has 2 aromatic rings. The standard InChI is InChI=1S/C41H68N8O6S/c1-46(2)33-38-20-21-39(55-38)35-56-29-25-44-40(34-48(50)51)43-23-13-10-8-6-4-3-5-7-9-12-22-42-31-41(49(52)53)45-24-17-28-54-37-19-16-18-36(30-37)32-47-26-14-11-15-27-47/h16,18-21,30-31,34,42-45H,3-15,17,22-29,32-33,35H2,1-2H3. The Hall–Kier alpha value is -3.95. The third-order valence-electron chi connectivity index (χ3n) is 9.38. The molecule has 1 saturated heterocycles. The lowest BCUT2D eigenvalue weighted by atomic mass is 10.1. The van der Waals surface area contributed by atoms with E-state index < -0.39 is 4.92 Å². The van der Waals surface area contributed by atoms with E-state index >= 15 is 0 Å². The predicted molar refractivity (Wildman–Crippen MR) is 226 cm³/mol. The highest BCUT2D eigenvalue weighted by Gasteiger charge is 2.11. The lowest BCUT2D eigenvalue weighted by Crippen LogP contribution is -2.29. The molecule has 0 amide bonds. The third kappa shape index (κ3) is 22.6. The minimum absolute atomic E-state index is 0.0177. The van der Waals surface area contributed by atoms with Crippen LogP contribution < -0.4 is 26.0 Å². The maximum absolute atomic E-state index is 11.5. The summed E-state index contributed by atoms with van der Waals surface area (Å²) in [6, 6.07) is 12.3. The molecule has 0 radical (unpaired) electrons. The van der Waals surface area contributed by atoms with Crippen LogP contribution in [-0.2, 0) is 18.8 Å². The molecule has 14 nitrogen and oxygen atoms in total. The van der Waals surface area contributed by atoms with Gasteiger partial charge in [-0.05, 0) is 87.6 Å². The van der Waals surface area contributed by atoms with Crippen LogP contribution in [0, 0.1) is 20.2 Å². The number of ether oxygens (including phenoxy) is 1. The summed E-state index contributed by atoms with van der Waals surface area (Å²) in [7, 11) is 4.02. The molecule has 4 N–H and O–H groups in total. The largest absolute Gasteiger partial charge is 0.493 e. The zero-order chi connectivity index (χ0) is 40.1. The molecule has 3 rings (SSSR count). The van der Waals surface area contributed by atoms with Gasteiger partial charge in [0, 0.05) is 38.4 Å². The number of rotatable bonds is 33. The van der Waals surface area contributed by atoms with Gasteiger partial charge in [0.2, 0.25) is 0 Å². The number of likely N-dealkylation sites (tertiary alicyclic amines) is 1. The van der Waals surface area contributed by atoms with Crippen LogP contribution in [0.5, 0.6) is 5.75 Å². The molecular weight excluding hydrogens is 733 g/mol. The van der Waals surface area contributed by atoms with Crippen molar-refractivity contribution < 1.29 is 19.0 Å². The van der Waals surface area contributed by atoms with Gasteiger partial charge in [0.15, 0.2) is 5.82 Å². The van der Waals surface area contributed by atoms with Gasteiger partial charge in [-0.3, -0.25) is 20.3 Å². The van der Waals surface area contributed by atoms with E-state index in [9.17, 15) is 20.2 Å². The lowest BCUT2D eigenvalue weighted by Gasteiger charge is -2.26. The van der Waals surface area contributed by atoms with Crippen molar-refractivity contribution in [2.75, 3.05) is 65.7 Å². The summed E-state index contributed by atoms with van der Waals surface area (Å²) in [5.41, 5.74) is 1.26. The van der Waals surface area contributed by atoms with Crippen LogP contribution in [0.3, 0.4) is 0 Å². The number of nitro groups is 2. The Morgan fingerprint density at radius 3 is 2.20 bits per heavy atom. The number of benzene rings is 1. The SMILES string of the molecule is CN(C)Cc1ccc(CSCCNC(=C[N+](=O)[O-])NCCCCCCCCCCCCNC=C(NCCCOc2cccc(CN3CCCCC3)c2)[N+](=O)[O-])o1. The van der Waals surface area contributed by atoms with Crippen molar-refractivity contribution >= 4 is 11.8 Å². The Bertz CT molecular complexity index is 1430. The Kier molecular flexibility index (Phi) is 24.3. The van der Waals surface area contributed by atoms with Crippen molar-refractivity contribution in [2.24, 2.45) is 0 Å². The average Bonchev–Trinajstić information content (AvgIpc) is 3.61. The minimum Gasteiger partial charge on any atom is -0.493 e. The second-order valence-corrected chi connectivity index (χ2v) is 15.8. The monoisotopic (exact) mass is 800 g/mol. The number of piperidine rings is 1. The molecule has 314 valence electrons. The number of furan rings is 1. The summed E-state index contributed by atoms with van der Waals surface area (Å²) in [5, 5.41) is 34.9. The maximum atomic E-state index is 11.5. The molecule has 1 fully saturated rings. The average molecular weight is 801 g/mol. The summed E-state index contributed by atoms with van der Waals surface area (Å²) in [4.78, 5) is 26.3. The van der Waals surface area contributed by atoms with E-state index in [1.807, 2.05) is 38.4 Å². The number of hydrogen-bond donors (Lipinski definition) is 4. The molecule has 2 heterocycles. The first-order valence-electron chi connectivity index (χ1n) is 20.7. The van der Waals surface area contributed by atoms with Gasteiger partial charge in [0.05, 0.1) is 36.6 Å². The van der Waals surface area contributed by atoms with Gasteiger partial charge in [-0.1, -0.05) is 69.9 Å². The molecule has 0 unspecified atom stereocenters. The molecule has 15 heteroatoms. The van der Waals surface area contributed by atoms with E-state index in [4.69, 9.17) is 9.15 Å². The number of unbranched alkanes of at least 4 members (excludes halogenated alkanes) is 9. The maximum Gasteiger partial charge on any atom is 0.331 e. The van der Waals surface area contributed by atoms with Crippen molar-refractivity contribution in [2.45, 2.75) is 109 Å². The predicted octanol–water partition coefficient (Wildman–Crippen LogP) is 7.44. The highest BCUT2D eigenvalue weighted by atomic mass is 32.2. The van der Waals surface area contributed by atoms with E-state index in [0.29, 0.717) is 45.0 Å². The Labute approximate surface area is 338 Å². The fraction of sp³-hybridized carbons (Fsp3) is 0.659. The quantitative estimate of drug-likeness (QED) is 0.0320. The summed E-state index contributed by atoms with van der Waals surface area (Å²) in [6.45, 7) is 7.04. The molecule has 1 aromatic carbocycles. The number of nitrogens with one attached hydrogen (secondary N) is 4. The van der Waals surface area contributed by atoms with E-state index in [2.05, 4.69) is 43.2 Å². The van der Waals surface area contributed by atoms with Gasteiger partial charge in [-0.2, -0.15) is 11.8 Å². The highest BCUT2D eigenvalue weighted by molar-refractivity contribution is 7.98. The first-order valence-corrected chi connectivity index (χ1v) is 21.8. The zero-order valence-corrected chi connectivity index (χ0v) is 34.8. The fourth-order valence-corrected chi connectivity index (χ4v) is 7.25. The zero-order valence-electron chi connectivity index (χ0n) is 33.9. The summed E-state index contributed by atoms with van der Waals surface area (Å²) in [5.74, 6) is 4.76. The topological polar surface area (TPSA) is 163 Å². The van der Waals surface area contributed by atoms with Crippen LogP contribution >= 0.6 is 11.8 Å². The minimum atomic E-state index is -0.425. The molecule has 1 aliphatic heterocycles. The van der Waals surface area contributed by atoms with Crippen molar-refractivity contribution in [1.82, 2.24) is 31.1 Å². The van der Waals surface area contributed by atoms with Crippen molar-refractivity contribution in [3.8, 4) is 5.75 Å². The molecule has 1 aromatic heterocycles. The first kappa shape index (κ1) is 46.4. The smallest absolute Gasteiger partial charge is 0.331 e. The van der Waals surface area contributed by atoms with Gasteiger partial charge < -0.3 is 40.1 Å². The molecule has 0 atom stereocenters. The van der Waals surface area contributed by atoms with Crippen LogP contribution in [-0.4, -0.2) is 85.4 Å². The second-order valence-electron chi connectivity index (χ2n) is 14.7. The van der Waals surface area contributed by atoms with Crippen LogP contribution in [0.2, 0.25) is 0 Å². The molecule has 0 bridgehead atoms. The van der Waals surface area contributed by atoms with Gasteiger partial charge in [0.25, 0.3) is 6.20 Å². The summed E-state index contributed by atoms with van der Waals surface area (Å²) in [6.07, 6.45) is 18.3. The number of hydrogen-bond acceptors (Lipinski definition) is 13. The first-order chi connectivity index (χ1) is 27.3. The number of thioether (sulfide) groups is 1. The Balaban J connectivity index is 1.11. The van der Waals surface area contributed by atoms with E-state index in [-0.39, 0.29) is 10.7 Å². The molecule has 0 saturated carbocycles. The third-order valence-corrected chi connectivity index (χ3v) is 10.4. The van der Waals surface area contributed by atoms with Crippen LogP contribution in [0.4, 0.5) is 0 Å². The highest BCUT2D eigenvalue weighted by Crippen LogP contribution is 2.18. The van der Waals surface area contributed by atoms with E-state index in [0.717, 1.165) is 99.7 Å².